The Morgan fingerprint density at radius 2 is 2.18 bits per heavy atom. The molecule has 1 aromatic rings. The highest BCUT2D eigenvalue weighted by atomic mass is 15.3. The van der Waals surface area contributed by atoms with Gasteiger partial charge in [0, 0.05) is 31.4 Å². The number of aromatic nitrogens is 2. The zero-order valence-electron chi connectivity index (χ0n) is 11.8. The van der Waals surface area contributed by atoms with Gasteiger partial charge in [-0.1, -0.05) is 6.92 Å². The maximum Gasteiger partial charge on any atom is 0.0666 e. The van der Waals surface area contributed by atoms with Crippen LogP contribution < -0.4 is 5.32 Å². The number of nitrogens with zero attached hydrogens (tertiary/aromatic N) is 3. The molecule has 98 valence electrons. The van der Waals surface area contributed by atoms with Crippen molar-refractivity contribution in [2.75, 3.05) is 20.6 Å². The van der Waals surface area contributed by atoms with E-state index in [4.69, 9.17) is 0 Å². The molecule has 0 aromatic carbocycles. The van der Waals surface area contributed by atoms with E-state index in [9.17, 15) is 0 Å². The first-order valence-corrected chi connectivity index (χ1v) is 6.42. The van der Waals surface area contributed by atoms with E-state index in [-0.39, 0.29) is 0 Å². The fourth-order valence-corrected chi connectivity index (χ4v) is 1.87. The Morgan fingerprint density at radius 3 is 2.76 bits per heavy atom. The van der Waals surface area contributed by atoms with Crippen molar-refractivity contribution in [3.8, 4) is 0 Å². The average Bonchev–Trinajstić information content (AvgIpc) is 2.64. The molecule has 0 fully saturated rings. The highest BCUT2D eigenvalue weighted by molar-refractivity contribution is 5.16. The minimum Gasteiger partial charge on any atom is -0.310 e. The monoisotopic (exact) mass is 238 g/mol. The van der Waals surface area contributed by atoms with Crippen molar-refractivity contribution in [3.05, 3.63) is 17.5 Å². The zero-order valence-corrected chi connectivity index (χ0v) is 11.8. The molecule has 0 amide bonds. The average molecular weight is 238 g/mol. The van der Waals surface area contributed by atoms with Crippen LogP contribution in [0.2, 0.25) is 0 Å². The lowest BCUT2D eigenvalue weighted by molar-refractivity contribution is 0.365. The van der Waals surface area contributed by atoms with Gasteiger partial charge in [0.15, 0.2) is 0 Å². The lowest BCUT2D eigenvalue weighted by atomic mass is 10.2. The van der Waals surface area contributed by atoms with E-state index in [2.05, 4.69) is 49.5 Å². The van der Waals surface area contributed by atoms with Crippen molar-refractivity contribution < 1.29 is 0 Å². The summed E-state index contributed by atoms with van der Waals surface area (Å²) in [6, 6.07) is 0.544. The van der Waals surface area contributed by atoms with Crippen molar-refractivity contribution in [2.24, 2.45) is 7.05 Å². The Labute approximate surface area is 105 Å². The number of rotatable bonds is 7. The number of aryl methyl sites for hydroxylation is 2. The predicted molar refractivity (Wildman–Crippen MR) is 72.1 cm³/mol. The van der Waals surface area contributed by atoms with E-state index in [1.165, 1.54) is 17.7 Å². The Hall–Kier alpha value is -0.870. The van der Waals surface area contributed by atoms with Gasteiger partial charge >= 0.3 is 0 Å². The van der Waals surface area contributed by atoms with Crippen LogP contribution in [0.3, 0.4) is 0 Å². The third kappa shape index (κ3) is 4.88. The maximum atomic E-state index is 4.45. The molecule has 0 saturated carbocycles. The maximum absolute atomic E-state index is 4.45. The van der Waals surface area contributed by atoms with Crippen molar-refractivity contribution in [3.63, 3.8) is 0 Å². The molecule has 1 heterocycles. The number of hydrogen-bond acceptors (Lipinski definition) is 3. The minimum absolute atomic E-state index is 0.544. The highest BCUT2D eigenvalue weighted by Gasteiger charge is 2.07. The molecule has 4 heteroatoms. The molecule has 1 aromatic heterocycles. The van der Waals surface area contributed by atoms with Crippen LogP contribution >= 0.6 is 0 Å². The van der Waals surface area contributed by atoms with Gasteiger partial charge in [-0.05, 0) is 40.4 Å². The van der Waals surface area contributed by atoms with Gasteiger partial charge in [-0.15, -0.1) is 0 Å². The smallest absolute Gasteiger partial charge is 0.0666 e. The van der Waals surface area contributed by atoms with E-state index in [1.54, 1.807) is 0 Å². The fourth-order valence-electron chi connectivity index (χ4n) is 1.87. The van der Waals surface area contributed by atoms with Crippen LogP contribution in [0.25, 0.3) is 0 Å². The topological polar surface area (TPSA) is 33.1 Å². The molecule has 17 heavy (non-hydrogen) atoms. The summed E-state index contributed by atoms with van der Waals surface area (Å²) in [5, 5.41) is 8.01. The van der Waals surface area contributed by atoms with Gasteiger partial charge in [-0.25, -0.2) is 0 Å². The normalized spacial score (nSPS) is 13.3. The first-order valence-electron chi connectivity index (χ1n) is 6.42. The molecule has 0 aliphatic rings. The molecule has 0 spiro atoms. The van der Waals surface area contributed by atoms with E-state index < -0.39 is 0 Å². The predicted octanol–water partition coefficient (Wildman–Crippen LogP) is 1.41. The first-order chi connectivity index (χ1) is 8.02. The summed E-state index contributed by atoms with van der Waals surface area (Å²) in [5.41, 5.74) is 2.53. The molecule has 1 atom stereocenters. The fraction of sp³-hybridized carbons (Fsp3) is 0.769. The van der Waals surface area contributed by atoms with Crippen LogP contribution in [0.4, 0.5) is 0 Å². The Balaban J connectivity index is 2.38. The summed E-state index contributed by atoms with van der Waals surface area (Å²) in [7, 11) is 6.21. The van der Waals surface area contributed by atoms with Crippen LogP contribution in [-0.4, -0.2) is 41.4 Å². The summed E-state index contributed by atoms with van der Waals surface area (Å²) in [6.45, 7) is 6.44. The first kappa shape index (κ1) is 14.2. The lowest BCUT2D eigenvalue weighted by Crippen LogP contribution is -2.29. The summed E-state index contributed by atoms with van der Waals surface area (Å²) in [5.74, 6) is 0. The third-order valence-corrected chi connectivity index (χ3v) is 2.98. The molecule has 0 saturated heterocycles. The van der Waals surface area contributed by atoms with E-state index >= 15 is 0 Å². The van der Waals surface area contributed by atoms with Crippen LogP contribution in [-0.2, 0) is 20.0 Å². The van der Waals surface area contributed by atoms with Crippen LogP contribution in [0.1, 0.15) is 31.5 Å². The van der Waals surface area contributed by atoms with Gasteiger partial charge < -0.3 is 10.2 Å². The second kappa shape index (κ2) is 6.77. The van der Waals surface area contributed by atoms with Crippen molar-refractivity contribution >= 4 is 0 Å². The molecule has 1 N–H and O–H groups in total. The minimum atomic E-state index is 0.544. The quantitative estimate of drug-likeness (QED) is 0.780. The van der Waals surface area contributed by atoms with Crippen molar-refractivity contribution in [1.29, 1.82) is 0 Å². The number of hydrogen-bond donors (Lipinski definition) is 1. The molecule has 1 rings (SSSR count). The van der Waals surface area contributed by atoms with Gasteiger partial charge in [0.25, 0.3) is 0 Å². The third-order valence-electron chi connectivity index (χ3n) is 2.98. The van der Waals surface area contributed by atoms with Gasteiger partial charge in [0.2, 0.25) is 0 Å². The molecule has 4 nitrogen and oxygen atoms in total. The molecular formula is C13H26N4. The van der Waals surface area contributed by atoms with Crippen molar-refractivity contribution in [2.45, 2.75) is 39.3 Å². The van der Waals surface area contributed by atoms with Gasteiger partial charge in [-0.2, -0.15) is 5.10 Å². The Kier molecular flexibility index (Phi) is 5.65. The standard InChI is InChI=1S/C13H26N4/c1-6-13-12(10-17(5)15-13)9-14-11(2)7-8-16(3)4/h10-11,14H,6-9H2,1-5H3. The van der Waals surface area contributed by atoms with Crippen LogP contribution in [0.5, 0.6) is 0 Å². The zero-order chi connectivity index (χ0) is 12.8. The van der Waals surface area contributed by atoms with Crippen LogP contribution in [0, 0.1) is 0 Å². The molecular weight excluding hydrogens is 212 g/mol. The summed E-state index contributed by atoms with van der Waals surface area (Å²) in [4.78, 5) is 2.22. The summed E-state index contributed by atoms with van der Waals surface area (Å²) in [6.07, 6.45) is 4.29. The number of nitrogens with one attached hydrogen (secondary N) is 1. The molecule has 0 aliphatic heterocycles. The largest absolute Gasteiger partial charge is 0.310 e. The second-order valence-corrected chi connectivity index (χ2v) is 5.00. The van der Waals surface area contributed by atoms with Gasteiger partial charge in [0.05, 0.1) is 5.69 Å². The van der Waals surface area contributed by atoms with Gasteiger partial charge in [-0.3, -0.25) is 4.68 Å². The molecule has 0 aliphatic carbocycles. The summed E-state index contributed by atoms with van der Waals surface area (Å²) >= 11 is 0. The van der Waals surface area contributed by atoms with Crippen LogP contribution in [0.15, 0.2) is 6.20 Å². The van der Waals surface area contributed by atoms with E-state index in [1.807, 2.05) is 11.7 Å². The van der Waals surface area contributed by atoms with E-state index in [0.29, 0.717) is 6.04 Å². The molecule has 1 unspecified atom stereocenters. The van der Waals surface area contributed by atoms with Gasteiger partial charge in [0.1, 0.15) is 0 Å². The molecule has 0 bridgehead atoms. The SMILES string of the molecule is CCc1nn(C)cc1CNC(C)CCN(C)C. The van der Waals surface area contributed by atoms with Crippen molar-refractivity contribution in [1.82, 2.24) is 20.0 Å². The lowest BCUT2D eigenvalue weighted by Gasteiger charge is -2.16. The summed E-state index contributed by atoms with van der Waals surface area (Å²) < 4.78 is 1.90. The molecule has 0 radical (unpaired) electrons. The van der Waals surface area contributed by atoms with E-state index in [0.717, 1.165) is 19.5 Å². The second-order valence-electron chi connectivity index (χ2n) is 5.00. The highest BCUT2D eigenvalue weighted by Crippen LogP contribution is 2.07. The Morgan fingerprint density at radius 1 is 1.47 bits per heavy atom. The Bertz CT molecular complexity index is 330.